The number of hydrogen-bond donors (Lipinski definition) is 0. The maximum atomic E-state index is 6.00. The minimum absolute atomic E-state index is 0.182. The van der Waals surface area contributed by atoms with E-state index >= 15 is 0 Å². The summed E-state index contributed by atoms with van der Waals surface area (Å²) < 4.78 is 7.01. The van der Waals surface area contributed by atoms with Gasteiger partial charge in [-0.3, -0.25) is 0 Å². The second-order valence-corrected chi connectivity index (χ2v) is 7.34. The minimum atomic E-state index is 0.182. The molecule has 0 radical (unpaired) electrons. The van der Waals surface area contributed by atoms with Crippen LogP contribution in [0.4, 0.5) is 0 Å². The van der Waals surface area contributed by atoms with Crippen LogP contribution < -0.4 is 4.74 Å². The summed E-state index contributed by atoms with van der Waals surface area (Å²) in [5, 5.41) is 15.1. The van der Waals surface area contributed by atoms with Crippen molar-refractivity contribution in [3.63, 3.8) is 0 Å². The van der Waals surface area contributed by atoms with Crippen LogP contribution in [0.2, 0.25) is 5.02 Å². The predicted molar refractivity (Wildman–Crippen MR) is 101 cm³/mol. The van der Waals surface area contributed by atoms with Crippen molar-refractivity contribution in [1.29, 1.82) is 0 Å². The summed E-state index contributed by atoms with van der Waals surface area (Å²) in [5.41, 5.74) is 2.96. The zero-order valence-electron chi connectivity index (χ0n) is 13.7. The molecule has 0 fully saturated rings. The highest BCUT2D eigenvalue weighted by molar-refractivity contribution is 8.00. The van der Waals surface area contributed by atoms with Gasteiger partial charge < -0.3 is 4.74 Å². The molecule has 0 N–H and O–H groups in total. The molecule has 0 aliphatic carbocycles. The fraction of sp³-hybridized carbons (Fsp3) is 0.167. The number of nitrogens with zero attached hydrogens (tertiary/aromatic N) is 4. The Hall–Kier alpha value is -2.31. The number of benzene rings is 2. The molecule has 0 saturated heterocycles. The molecular formula is C18H15ClN4OS. The Bertz CT molecular complexity index is 935. The van der Waals surface area contributed by atoms with Crippen molar-refractivity contribution in [3.8, 4) is 17.1 Å². The Kier molecular flexibility index (Phi) is 4.23. The third kappa shape index (κ3) is 3.03. The van der Waals surface area contributed by atoms with Crippen LogP contribution in [0, 0.1) is 0 Å². The summed E-state index contributed by atoms with van der Waals surface area (Å²) in [6.45, 7) is 2.11. The number of methoxy groups -OCH3 is 1. The molecular weight excluding hydrogens is 356 g/mol. The molecule has 1 atom stereocenters. The maximum absolute atomic E-state index is 6.00. The van der Waals surface area contributed by atoms with E-state index < -0.39 is 0 Å². The summed E-state index contributed by atoms with van der Waals surface area (Å²) >= 11 is 7.64. The molecule has 2 aromatic carbocycles. The van der Waals surface area contributed by atoms with Gasteiger partial charge >= 0.3 is 0 Å². The fourth-order valence-electron chi connectivity index (χ4n) is 2.67. The average Bonchev–Trinajstić information content (AvgIpc) is 3.04. The molecule has 0 amide bonds. The lowest BCUT2D eigenvalue weighted by atomic mass is 10.1. The van der Waals surface area contributed by atoms with E-state index in [1.54, 1.807) is 23.5 Å². The van der Waals surface area contributed by atoms with Gasteiger partial charge in [-0.05, 0) is 48.9 Å². The van der Waals surface area contributed by atoms with Gasteiger partial charge in [-0.1, -0.05) is 35.5 Å². The first-order valence-electron chi connectivity index (χ1n) is 7.77. The smallest absolute Gasteiger partial charge is 0.213 e. The first kappa shape index (κ1) is 16.2. The van der Waals surface area contributed by atoms with Crippen LogP contribution in [0.25, 0.3) is 11.4 Å². The lowest BCUT2D eigenvalue weighted by Gasteiger charge is -2.20. The summed E-state index contributed by atoms with van der Waals surface area (Å²) in [6.07, 6.45) is 0. The minimum Gasteiger partial charge on any atom is -0.497 e. The van der Waals surface area contributed by atoms with Gasteiger partial charge in [-0.25, -0.2) is 0 Å². The van der Waals surface area contributed by atoms with Crippen LogP contribution in [0.1, 0.15) is 12.5 Å². The SMILES string of the molecule is COc1ccc(-c2nnc3n2N=C(c2ccc(Cl)cc2)[C@H](C)S3)cc1. The highest BCUT2D eigenvalue weighted by Crippen LogP contribution is 2.33. The molecule has 0 unspecified atom stereocenters. The lowest BCUT2D eigenvalue weighted by molar-refractivity contribution is 0.415. The quantitative estimate of drug-likeness (QED) is 0.687. The van der Waals surface area contributed by atoms with Crippen molar-refractivity contribution < 1.29 is 4.74 Å². The van der Waals surface area contributed by atoms with Gasteiger partial charge in [-0.15, -0.1) is 10.2 Å². The average molecular weight is 371 g/mol. The van der Waals surface area contributed by atoms with Crippen LogP contribution in [0.3, 0.4) is 0 Å². The topological polar surface area (TPSA) is 52.3 Å². The third-order valence-electron chi connectivity index (χ3n) is 3.98. The van der Waals surface area contributed by atoms with E-state index in [1.807, 2.05) is 48.5 Å². The highest BCUT2D eigenvalue weighted by atomic mass is 35.5. The van der Waals surface area contributed by atoms with E-state index in [-0.39, 0.29) is 5.25 Å². The van der Waals surface area contributed by atoms with Crippen LogP contribution >= 0.6 is 23.4 Å². The fourth-order valence-corrected chi connectivity index (χ4v) is 3.72. The molecule has 1 aliphatic heterocycles. The van der Waals surface area contributed by atoms with Crippen molar-refractivity contribution in [2.75, 3.05) is 7.11 Å². The summed E-state index contributed by atoms with van der Waals surface area (Å²) in [5.74, 6) is 1.51. The first-order valence-corrected chi connectivity index (χ1v) is 9.03. The predicted octanol–water partition coefficient (Wildman–Crippen LogP) is 4.35. The molecule has 0 saturated carbocycles. The normalized spacial score (nSPS) is 16.3. The number of hydrogen-bond acceptors (Lipinski definition) is 5. The Morgan fingerprint density at radius 2 is 1.68 bits per heavy atom. The molecule has 126 valence electrons. The van der Waals surface area contributed by atoms with Gasteiger partial charge in [0.1, 0.15) is 5.75 Å². The van der Waals surface area contributed by atoms with Gasteiger partial charge in [-0.2, -0.15) is 9.78 Å². The standard InChI is InChI=1S/C18H15ClN4OS/c1-11-16(12-3-7-14(19)8-4-12)22-23-17(20-21-18(23)25-11)13-5-9-15(24-2)10-6-13/h3-11H,1-2H3/t11-/m0/s1. The molecule has 7 heteroatoms. The molecule has 0 bridgehead atoms. The van der Waals surface area contributed by atoms with Crippen molar-refractivity contribution in [2.24, 2.45) is 5.10 Å². The third-order valence-corrected chi connectivity index (χ3v) is 5.27. The van der Waals surface area contributed by atoms with Crippen LogP contribution in [-0.4, -0.2) is 32.9 Å². The molecule has 4 rings (SSSR count). The van der Waals surface area contributed by atoms with Gasteiger partial charge in [0, 0.05) is 10.6 Å². The van der Waals surface area contributed by atoms with E-state index in [9.17, 15) is 0 Å². The molecule has 25 heavy (non-hydrogen) atoms. The van der Waals surface area contributed by atoms with Gasteiger partial charge in [0.05, 0.1) is 18.1 Å². The molecule has 2 heterocycles. The number of thioether (sulfide) groups is 1. The summed E-state index contributed by atoms with van der Waals surface area (Å²) in [6, 6.07) is 15.4. The van der Waals surface area contributed by atoms with Crippen LogP contribution in [0.15, 0.2) is 58.8 Å². The van der Waals surface area contributed by atoms with E-state index in [4.69, 9.17) is 21.4 Å². The van der Waals surface area contributed by atoms with Crippen molar-refractivity contribution in [2.45, 2.75) is 17.3 Å². The van der Waals surface area contributed by atoms with Crippen LogP contribution in [-0.2, 0) is 0 Å². The van der Waals surface area contributed by atoms with Gasteiger partial charge in [0.25, 0.3) is 0 Å². The summed E-state index contributed by atoms with van der Waals surface area (Å²) in [7, 11) is 1.65. The lowest BCUT2D eigenvalue weighted by Crippen LogP contribution is -2.21. The Labute approximate surface area is 154 Å². The zero-order chi connectivity index (χ0) is 17.4. The van der Waals surface area contributed by atoms with Gasteiger partial charge in [0.2, 0.25) is 5.16 Å². The van der Waals surface area contributed by atoms with Crippen molar-refractivity contribution in [3.05, 3.63) is 59.1 Å². The Morgan fingerprint density at radius 1 is 1.00 bits per heavy atom. The van der Waals surface area contributed by atoms with Crippen molar-refractivity contribution >= 4 is 29.1 Å². The highest BCUT2D eigenvalue weighted by Gasteiger charge is 2.26. The number of fused-ring (bicyclic) bond motifs is 1. The van der Waals surface area contributed by atoms with E-state index in [0.29, 0.717) is 10.8 Å². The second kappa shape index (κ2) is 6.54. The Balaban J connectivity index is 1.78. The number of rotatable bonds is 3. The molecule has 0 spiro atoms. The van der Waals surface area contributed by atoms with E-state index in [0.717, 1.165) is 27.7 Å². The maximum Gasteiger partial charge on any atom is 0.213 e. The molecule has 1 aromatic heterocycles. The van der Waals surface area contributed by atoms with Gasteiger partial charge in [0.15, 0.2) is 5.82 Å². The van der Waals surface area contributed by atoms with Crippen molar-refractivity contribution in [1.82, 2.24) is 14.9 Å². The zero-order valence-corrected chi connectivity index (χ0v) is 15.3. The number of ether oxygens (including phenoxy) is 1. The van der Waals surface area contributed by atoms with E-state index in [2.05, 4.69) is 17.1 Å². The molecule has 3 aromatic rings. The second-order valence-electron chi connectivity index (χ2n) is 5.60. The number of aromatic nitrogens is 3. The van der Waals surface area contributed by atoms with Crippen LogP contribution in [0.5, 0.6) is 5.75 Å². The molecule has 1 aliphatic rings. The summed E-state index contributed by atoms with van der Waals surface area (Å²) in [4.78, 5) is 0. The van der Waals surface area contributed by atoms with E-state index in [1.165, 1.54) is 0 Å². The Morgan fingerprint density at radius 3 is 2.36 bits per heavy atom. The first-order chi connectivity index (χ1) is 12.2. The number of halogens is 1. The molecule has 5 nitrogen and oxygen atoms in total. The monoisotopic (exact) mass is 370 g/mol. The largest absolute Gasteiger partial charge is 0.497 e.